The topological polar surface area (TPSA) is 98.0 Å². The molecular weight excluding hydrogens is 332 g/mol. The number of fused-ring (bicyclic) bond motifs is 1. The highest BCUT2D eigenvalue weighted by atomic mass is 32.2. The van der Waals surface area contributed by atoms with Gasteiger partial charge in [-0.1, -0.05) is 12.1 Å². The smallest absolute Gasteiger partial charge is 0.229 e. The zero-order chi connectivity index (χ0) is 16.4. The molecule has 6 nitrogen and oxygen atoms in total. The van der Waals surface area contributed by atoms with Crippen LogP contribution >= 0.6 is 11.8 Å². The molecule has 0 radical (unpaired) electrons. The van der Waals surface area contributed by atoms with Gasteiger partial charge < -0.3 is 5.73 Å². The van der Waals surface area contributed by atoms with Gasteiger partial charge in [-0.25, -0.2) is 18.4 Å². The van der Waals surface area contributed by atoms with Gasteiger partial charge in [-0.15, -0.1) is 0 Å². The van der Waals surface area contributed by atoms with Crippen LogP contribution in [-0.2, 0) is 10.0 Å². The summed E-state index contributed by atoms with van der Waals surface area (Å²) >= 11 is 1.36. The molecule has 0 atom stereocenters. The number of nitrogen functional groups attached to an aromatic ring is 1. The quantitative estimate of drug-likeness (QED) is 0.705. The lowest BCUT2D eigenvalue weighted by molar-refractivity contribution is 0.607. The third-order valence-electron chi connectivity index (χ3n) is 2.98. The summed E-state index contributed by atoms with van der Waals surface area (Å²) in [6, 6.07) is 14.5. The van der Waals surface area contributed by atoms with Crippen LogP contribution in [-0.4, -0.2) is 24.6 Å². The van der Waals surface area contributed by atoms with Crippen molar-refractivity contribution in [3.05, 3.63) is 48.5 Å². The maximum atomic E-state index is 11.2. The molecule has 1 aromatic heterocycles. The summed E-state index contributed by atoms with van der Waals surface area (Å²) < 4.78 is 24.8. The van der Waals surface area contributed by atoms with Crippen molar-refractivity contribution in [1.82, 2.24) is 9.97 Å². The Balaban J connectivity index is 1.84. The molecule has 0 fully saturated rings. The minimum atomic E-state index is -3.28. The lowest BCUT2D eigenvalue weighted by atomic mass is 10.2. The molecule has 0 unspecified atom stereocenters. The van der Waals surface area contributed by atoms with Crippen LogP contribution in [0.2, 0.25) is 0 Å². The minimum Gasteiger partial charge on any atom is -0.383 e. The number of hydrogen-bond donors (Lipinski definition) is 2. The van der Waals surface area contributed by atoms with E-state index in [4.69, 9.17) is 5.73 Å². The Hall–Kier alpha value is -2.32. The van der Waals surface area contributed by atoms with Crippen LogP contribution in [0.3, 0.4) is 0 Å². The van der Waals surface area contributed by atoms with Crippen LogP contribution in [0.5, 0.6) is 0 Å². The van der Waals surface area contributed by atoms with Gasteiger partial charge in [0.1, 0.15) is 5.82 Å². The van der Waals surface area contributed by atoms with Crippen molar-refractivity contribution < 1.29 is 8.42 Å². The summed E-state index contributed by atoms with van der Waals surface area (Å²) in [5, 5.41) is 1.37. The van der Waals surface area contributed by atoms with E-state index in [1.54, 1.807) is 24.3 Å². The largest absolute Gasteiger partial charge is 0.383 e. The van der Waals surface area contributed by atoms with Crippen molar-refractivity contribution in [3.8, 4) is 0 Å². The van der Waals surface area contributed by atoms with Gasteiger partial charge in [0.15, 0.2) is 5.16 Å². The average Bonchev–Trinajstić information content (AvgIpc) is 2.48. The average molecular weight is 346 g/mol. The Morgan fingerprint density at radius 2 is 1.74 bits per heavy atom. The number of para-hydroxylation sites is 1. The van der Waals surface area contributed by atoms with Crippen molar-refractivity contribution in [3.63, 3.8) is 0 Å². The van der Waals surface area contributed by atoms with Crippen LogP contribution < -0.4 is 10.5 Å². The third kappa shape index (κ3) is 3.91. The Bertz CT molecular complexity index is 957. The predicted molar refractivity (Wildman–Crippen MR) is 93.0 cm³/mol. The van der Waals surface area contributed by atoms with E-state index in [1.165, 1.54) is 11.8 Å². The fourth-order valence-corrected chi connectivity index (χ4v) is 3.37. The second kappa shape index (κ2) is 6.05. The number of hydrogen-bond acceptors (Lipinski definition) is 6. The van der Waals surface area contributed by atoms with E-state index in [2.05, 4.69) is 14.7 Å². The lowest BCUT2D eigenvalue weighted by Crippen LogP contribution is -2.09. The number of benzene rings is 2. The zero-order valence-electron chi connectivity index (χ0n) is 12.2. The van der Waals surface area contributed by atoms with Crippen molar-refractivity contribution in [2.24, 2.45) is 0 Å². The third-order valence-corrected chi connectivity index (χ3v) is 4.46. The molecule has 0 saturated carbocycles. The first kappa shape index (κ1) is 15.6. The standard InChI is InChI=1S/C15H14N4O2S2/c1-23(20,21)19-10-6-8-11(9-7-10)22-15-17-13-5-3-2-4-12(13)14(16)18-15/h2-9,19H,1H3,(H2,16,17,18). The van der Waals surface area contributed by atoms with E-state index < -0.39 is 10.0 Å². The maximum Gasteiger partial charge on any atom is 0.229 e. The molecule has 0 aliphatic carbocycles. The second-order valence-corrected chi connectivity index (χ2v) is 7.70. The van der Waals surface area contributed by atoms with Crippen LogP contribution in [0.25, 0.3) is 10.9 Å². The number of nitrogens with zero attached hydrogens (tertiary/aromatic N) is 2. The SMILES string of the molecule is CS(=O)(=O)Nc1ccc(Sc2nc(N)c3ccccc3n2)cc1. The summed E-state index contributed by atoms with van der Waals surface area (Å²) in [4.78, 5) is 9.66. The highest BCUT2D eigenvalue weighted by molar-refractivity contribution is 7.99. The highest BCUT2D eigenvalue weighted by Gasteiger charge is 2.07. The number of sulfonamides is 1. The van der Waals surface area contributed by atoms with E-state index >= 15 is 0 Å². The fourth-order valence-electron chi connectivity index (χ4n) is 2.04. The first-order chi connectivity index (χ1) is 10.9. The Labute approximate surface area is 138 Å². The molecule has 0 aliphatic heterocycles. The van der Waals surface area contributed by atoms with Crippen molar-refractivity contribution in [2.75, 3.05) is 16.7 Å². The molecular formula is C15H14N4O2S2. The molecule has 0 aliphatic rings. The first-order valence-corrected chi connectivity index (χ1v) is 9.39. The Morgan fingerprint density at radius 3 is 2.43 bits per heavy atom. The van der Waals surface area contributed by atoms with Gasteiger partial charge in [0.05, 0.1) is 11.8 Å². The van der Waals surface area contributed by atoms with Gasteiger partial charge in [-0.2, -0.15) is 0 Å². The number of aromatic nitrogens is 2. The van der Waals surface area contributed by atoms with Gasteiger partial charge in [0, 0.05) is 16.0 Å². The van der Waals surface area contributed by atoms with Gasteiger partial charge in [-0.05, 0) is 48.2 Å². The highest BCUT2D eigenvalue weighted by Crippen LogP contribution is 2.29. The second-order valence-electron chi connectivity index (χ2n) is 4.91. The minimum absolute atomic E-state index is 0.438. The van der Waals surface area contributed by atoms with Crippen LogP contribution in [0, 0.1) is 0 Å². The molecule has 23 heavy (non-hydrogen) atoms. The van der Waals surface area contributed by atoms with E-state index in [0.717, 1.165) is 22.1 Å². The number of nitrogens with two attached hydrogens (primary N) is 1. The van der Waals surface area contributed by atoms with Crippen LogP contribution in [0.4, 0.5) is 11.5 Å². The summed E-state index contributed by atoms with van der Waals surface area (Å²) in [7, 11) is -3.28. The summed E-state index contributed by atoms with van der Waals surface area (Å²) in [6.07, 6.45) is 1.11. The molecule has 0 spiro atoms. The van der Waals surface area contributed by atoms with E-state index in [1.807, 2.05) is 24.3 Å². The van der Waals surface area contributed by atoms with E-state index in [-0.39, 0.29) is 0 Å². The normalized spacial score (nSPS) is 11.5. The summed E-state index contributed by atoms with van der Waals surface area (Å²) in [5.41, 5.74) is 7.26. The predicted octanol–water partition coefficient (Wildman–Crippen LogP) is 2.73. The van der Waals surface area contributed by atoms with E-state index in [9.17, 15) is 8.42 Å². The molecule has 1 heterocycles. The van der Waals surface area contributed by atoms with E-state index in [0.29, 0.717) is 16.7 Å². The zero-order valence-corrected chi connectivity index (χ0v) is 13.9. The summed E-state index contributed by atoms with van der Waals surface area (Å²) in [6.45, 7) is 0. The molecule has 3 rings (SSSR count). The Morgan fingerprint density at radius 1 is 1.04 bits per heavy atom. The van der Waals surface area contributed by atoms with Gasteiger partial charge in [0.25, 0.3) is 0 Å². The van der Waals surface area contributed by atoms with Gasteiger partial charge in [0.2, 0.25) is 10.0 Å². The summed E-state index contributed by atoms with van der Waals surface area (Å²) in [5.74, 6) is 0.438. The molecule has 8 heteroatoms. The van der Waals surface area contributed by atoms with Crippen molar-refractivity contribution in [2.45, 2.75) is 10.1 Å². The molecule has 0 amide bonds. The molecule has 2 aromatic carbocycles. The molecule has 3 N–H and O–H groups in total. The maximum absolute atomic E-state index is 11.2. The van der Waals surface area contributed by atoms with Crippen molar-refractivity contribution >= 4 is 44.2 Å². The number of anilines is 2. The Kier molecular flexibility index (Phi) is 4.10. The van der Waals surface area contributed by atoms with Gasteiger partial charge >= 0.3 is 0 Å². The molecule has 3 aromatic rings. The molecule has 0 saturated heterocycles. The fraction of sp³-hybridized carbons (Fsp3) is 0.0667. The lowest BCUT2D eigenvalue weighted by Gasteiger charge is -2.06. The number of nitrogens with one attached hydrogen (secondary N) is 1. The van der Waals surface area contributed by atoms with Crippen LogP contribution in [0.1, 0.15) is 0 Å². The first-order valence-electron chi connectivity index (χ1n) is 6.69. The van der Waals surface area contributed by atoms with Crippen LogP contribution in [0.15, 0.2) is 58.6 Å². The van der Waals surface area contributed by atoms with Gasteiger partial charge in [-0.3, -0.25) is 4.72 Å². The number of rotatable bonds is 4. The monoisotopic (exact) mass is 346 g/mol. The van der Waals surface area contributed by atoms with Crippen molar-refractivity contribution in [1.29, 1.82) is 0 Å². The molecule has 0 bridgehead atoms. The molecule has 118 valence electrons.